The first-order valence-electron chi connectivity index (χ1n) is 6.15. The Morgan fingerprint density at radius 3 is 2.57 bits per heavy atom. The summed E-state index contributed by atoms with van der Waals surface area (Å²) in [6.45, 7) is 0.140. The summed E-state index contributed by atoms with van der Waals surface area (Å²) in [6, 6.07) is 10.5. The van der Waals surface area contributed by atoms with Crippen molar-refractivity contribution in [1.82, 2.24) is 4.72 Å². The molecule has 2 aromatic rings. The summed E-state index contributed by atoms with van der Waals surface area (Å²) in [5.41, 5.74) is 6.63. The fraction of sp³-hybridized carbons (Fsp3) is 0.143. The highest BCUT2D eigenvalue weighted by molar-refractivity contribution is 7.89. The molecule has 2 aromatic carbocycles. The summed E-state index contributed by atoms with van der Waals surface area (Å²) >= 11 is 5.66. The molecule has 0 aliphatic carbocycles. The van der Waals surface area contributed by atoms with Gasteiger partial charge in [0.05, 0.1) is 9.92 Å². The second-order valence-electron chi connectivity index (χ2n) is 4.38. The number of benzene rings is 2. The van der Waals surface area contributed by atoms with Crippen LogP contribution in [0.25, 0.3) is 0 Å². The van der Waals surface area contributed by atoms with Crippen LogP contribution >= 0.6 is 11.6 Å². The van der Waals surface area contributed by atoms with Gasteiger partial charge in [0.15, 0.2) is 0 Å². The second-order valence-corrected chi connectivity index (χ2v) is 6.53. The molecular weight excluding hydrogens is 315 g/mol. The molecule has 0 aliphatic heterocycles. The molecule has 0 aromatic heterocycles. The van der Waals surface area contributed by atoms with Gasteiger partial charge in [0.2, 0.25) is 10.0 Å². The molecule has 0 radical (unpaired) electrons. The van der Waals surface area contributed by atoms with Gasteiger partial charge in [-0.1, -0.05) is 35.9 Å². The van der Waals surface area contributed by atoms with Gasteiger partial charge >= 0.3 is 0 Å². The summed E-state index contributed by atoms with van der Waals surface area (Å²) in [4.78, 5) is 0.140. The number of rotatable bonds is 5. The lowest BCUT2D eigenvalue weighted by molar-refractivity contribution is 0.580. The van der Waals surface area contributed by atoms with E-state index in [2.05, 4.69) is 4.72 Å². The smallest absolute Gasteiger partial charge is 0.241 e. The lowest BCUT2D eigenvalue weighted by Gasteiger charge is -2.10. The number of sulfonamides is 1. The van der Waals surface area contributed by atoms with E-state index >= 15 is 0 Å². The molecule has 4 nitrogen and oxygen atoms in total. The number of halogens is 2. The van der Waals surface area contributed by atoms with Crippen molar-refractivity contribution in [3.8, 4) is 0 Å². The molecule has 2 rings (SSSR count). The molecule has 0 spiro atoms. The van der Waals surface area contributed by atoms with Gasteiger partial charge < -0.3 is 5.73 Å². The number of hydrogen-bond acceptors (Lipinski definition) is 3. The maximum absolute atomic E-state index is 13.1. The minimum absolute atomic E-state index is 0.0151. The van der Waals surface area contributed by atoms with E-state index in [1.807, 2.05) is 0 Å². The predicted octanol–water partition coefficient (Wildman–Crippen LogP) is 2.42. The van der Waals surface area contributed by atoms with Crippen molar-refractivity contribution in [3.63, 3.8) is 0 Å². The lowest BCUT2D eigenvalue weighted by Crippen LogP contribution is -2.24. The summed E-state index contributed by atoms with van der Waals surface area (Å²) in [5.74, 6) is -0.545. The Balaban J connectivity index is 2.20. The molecular formula is C14H14ClFN2O2S. The van der Waals surface area contributed by atoms with Crippen molar-refractivity contribution in [2.45, 2.75) is 18.0 Å². The normalized spacial score (nSPS) is 11.6. The van der Waals surface area contributed by atoms with Gasteiger partial charge in [0.25, 0.3) is 0 Å². The molecule has 0 saturated heterocycles. The Hall–Kier alpha value is -1.47. The molecule has 0 heterocycles. The van der Waals surface area contributed by atoms with Gasteiger partial charge in [-0.2, -0.15) is 0 Å². The zero-order valence-electron chi connectivity index (χ0n) is 11.0. The first kappa shape index (κ1) is 15.9. The Labute approximate surface area is 127 Å². The number of nitrogens with two attached hydrogens (primary N) is 1. The Bertz CT molecular complexity index is 750. The van der Waals surface area contributed by atoms with Crippen molar-refractivity contribution in [2.75, 3.05) is 0 Å². The summed E-state index contributed by atoms with van der Waals surface area (Å²) in [5, 5.41) is -0.0472. The standard InChI is InChI=1S/C14H14ClFN2O2S/c15-12-7-10(5-6-13(12)16)9-18-21(19,20)14-4-2-1-3-11(14)8-17/h1-7,18H,8-9,17H2. The van der Waals surface area contributed by atoms with Crippen molar-refractivity contribution >= 4 is 21.6 Å². The third kappa shape index (κ3) is 3.79. The van der Waals surface area contributed by atoms with Crippen molar-refractivity contribution < 1.29 is 12.8 Å². The number of nitrogens with one attached hydrogen (secondary N) is 1. The molecule has 0 amide bonds. The van der Waals surface area contributed by atoms with Crippen LogP contribution in [0, 0.1) is 5.82 Å². The maximum atomic E-state index is 13.1. The average molecular weight is 329 g/mol. The van der Waals surface area contributed by atoms with E-state index in [-0.39, 0.29) is 23.0 Å². The fourth-order valence-corrected chi connectivity index (χ4v) is 3.31. The van der Waals surface area contributed by atoms with Crippen LogP contribution in [0.3, 0.4) is 0 Å². The van der Waals surface area contributed by atoms with Crippen LogP contribution in [0.5, 0.6) is 0 Å². The molecule has 21 heavy (non-hydrogen) atoms. The molecule has 0 bridgehead atoms. The van der Waals surface area contributed by atoms with Gasteiger partial charge in [-0.3, -0.25) is 0 Å². The van der Waals surface area contributed by atoms with Crippen LogP contribution in [0.15, 0.2) is 47.4 Å². The van der Waals surface area contributed by atoms with Crippen molar-refractivity contribution in [3.05, 3.63) is 64.4 Å². The molecule has 7 heteroatoms. The highest BCUT2D eigenvalue weighted by atomic mass is 35.5. The third-order valence-corrected chi connectivity index (χ3v) is 4.72. The van der Waals surface area contributed by atoms with E-state index in [1.165, 1.54) is 24.3 Å². The van der Waals surface area contributed by atoms with Gasteiger partial charge in [0, 0.05) is 13.1 Å². The van der Waals surface area contributed by atoms with E-state index in [9.17, 15) is 12.8 Å². The van der Waals surface area contributed by atoms with Crippen LogP contribution in [0.4, 0.5) is 4.39 Å². The zero-order valence-corrected chi connectivity index (χ0v) is 12.6. The molecule has 0 fully saturated rings. The topological polar surface area (TPSA) is 72.2 Å². The Morgan fingerprint density at radius 2 is 1.90 bits per heavy atom. The minimum atomic E-state index is -3.69. The molecule has 112 valence electrons. The second kappa shape index (κ2) is 6.53. The zero-order chi connectivity index (χ0) is 15.5. The lowest BCUT2D eigenvalue weighted by atomic mass is 10.2. The predicted molar refractivity (Wildman–Crippen MR) is 79.8 cm³/mol. The van der Waals surface area contributed by atoms with E-state index in [1.54, 1.807) is 18.2 Å². The van der Waals surface area contributed by atoms with Gasteiger partial charge in [-0.15, -0.1) is 0 Å². The van der Waals surface area contributed by atoms with Crippen LogP contribution in [-0.4, -0.2) is 8.42 Å². The Kier molecular flexibility index (Phi) is 4.95. The number of hydrogen-bond donors (Lipinski definition) is 2. The Morgan fingerprint density at radius 1 is 1.19 bits per heavy atom. The van der Waals surface area contributed by atoms with Crippen LogP contribution in [0.1, 0.15) is 11.1 Å². The maximum Gasteiger partial charge on any atom is 0.241 e. The highest BCUT2D eigenvalue weighted by Crippen LogP contribution is 2.18. The average Bonchev–Trinajstić information content (AvgIpc) is 2.48. The van der Waals surface area contributed by atoms with Crippen molar-refractivity contribution in [2.24, 2.45) is 5.73 Å². The summed E-state index contributed by atoms with van der Waals surface area (Å²) in [6.07, 6.45) is 0. The largest absolute Gasteiger partial charge is 0.326 e. The molecule has 0 aliphatic rings. The van der Waals surface area contributed by atoms with Crippen LogP contribution in [0.2, 0.25) is 5.02 Å². The minimum Gasteiger partial charge on any atom is -0.326 e. The quantitative estimate of drug-likeness (QED) is 0.885. The van der Waals surface area contributed by atoms with Gasteiger partial charge in [-0.05, 0) is 29.3 Å². The monoisotopic (exact) mass is 328 g/mol. The molecule has 0 atom stereocenters. The van der Waals surface area contributed by atoms with Crippen molar-refractivity contribution in [1.29, 1.82) is 0 Å². The third-order valence-electron chi connectivity index (χ3n) is 2.93. The van der Waals surface area contributed by atoms with Crippen LogP contribution in [-0.2, 0) is 23.1 Å². The van der Waals surface area contributed by atoms with Gasteiger partial charge in [0.1, 0.15) is 5.82 Å². The summed E-state index contributed by atoms with van der Waals surface area (Å²) < 4.78 is 40.0. The SMILES string of the molecule is NCc1ccccc1S(=O)(=O)NCc1ccc(F)c(Cl)c1. The first-order chi connectivity index (χ1) is 9.94. The van der Waals surface area contributed by atoms with Gasteiger partial charge in [-0.25, -0.2) is 17.5 Å². The fourth-order valence-electron chi connectivity index (χ4n) is 1.84. The summed E-state index contributed by atoms with van der Waals surface area (Å²) in [7, 11) is -3.69. The molecule has 0 saturated carbocycles. The molecule has 0 unspecified atom stereocenters. The van der Waals surface area contributed by atoms with E-state index in [0.29, 0.717) is 11.1 Å². The van der Waals surface area contributed by atoms with E-state index < -0.39 is 15.8 Å². The first-order valence-corrected chi connectivity index (χ1v) is 8.01. The van der Waals surface area contributed by atoms with E-state index in [0.717, 1.165) is 0 Å². The van der Waals surface area contributed by atoms with E-state index in [4.69, 9.17) is 17.3 Å². The highest BCUT2D eigenvalue weighted by Gasteiger charge is 2.17. The molecule has 3 N–H and O–H groups in total. The van der Waals surface area contributed by atoms with Crippen LogP contribution < -0.4 is 10.5 Å².